The van der Waals surface area contributed by atoms with Crippen molar-refractivity contribution in [3.63, 3.8) is 0 Å². The SMILES string of the molecule is CCc1nn2cc3c(nc2c1-c1ccccc1)CCCC3=O. The molecule has 2 heterocycles. The molecule has 2 aromatic heterocycles. The highest BCUT2D eigenvalue weighted by atomic mass is 16.1. The van der Waals surface area contributed by atoms with E-state index in [1.807, 2.05) is 24.4 Å². The minimum Gasteiger partial charge on any atom is -0.294 e. The Hall–Kier alpha value is -2.49. The van der Waals surface area contributed by atoms with Crippen molar-refractivity contribution in [1.29, 1.82) is 0 Å². The number of aryl methyl sites for hydroxylation is 2. The van der Waals surface area contributed by atoms with Crippen LogP contribution in [-0.2, 0) is 12.8 Å². The number of fused-ring (bicyclic) bond motifs is 2. The van der Waals surface area contributed by atoms with Crippen LogP contribution < -0.4 is 0 Å². The van der Waals surface area contributed by atoms with E-state index in [1.165, 1.54) is 0 Å². The van der Waals surface area contributed by atoms with Gasteiger partial charge in [-0.05, 0) is 24.8 Å². The number of benzene rings is 1. The molecule has 0 aliphatic heterocycles. The summed E-state index contributed by atoms with van der Waals surface area (Å²) in [6.45, 7) is 2.10. The number of aromatic nitrogens is 3. The van der Waals surface area contributed by atoms with Gasteiger partial charge >= 0.3 is 0 Å². The zero-order valence-corrected chi connectivity index (χ0v) is 12.5. The first kappa shape index (κ1) is 13.2. The van der Waals surface area contributed by atoms with Crippen molar-refractivity contribution >= 4 is 11.4 Å². The lowest BCUT2D eigenvalue weighted by Gasteiger charge is -2.13. The van der Waals surface area contributed by atoms with Crippen LogP contribution in [0.25, 0.3) is 16.8 Å². The number of nitrogens with zero attached hydrogens (tertiary/aromatic N) is 3. The average molecular weight is 291 g/mol. The molecule has 4 heteroatoms. The van der Waals surface area contributed by atoms with E-state index in [0.29, 0.717) is 6.42 Å². The van der Waals surface area contributed by atoms with Gasteiger partial charge in [-0.25, -0.2) is 9.50 Å². The van der Waals surface area contributed by atoms with Gasteiger partial charge < -0.3 is 0 Å². The summed E-state index contributed by atoms with van der Waals surface area (Å²) in [5.74, 6) is 0.186. The van der Waals surface area contributed by atoms with E-state index < -0.39 is 0 Å². The lowest BCUT2D eigenvalue weighted by Crippen LogP contribution is -2.14. The van der Waals surface area contributed by atoms with Crippen LogP contribution in [0, 0.1) is 0 Å². The van der Waals surface area contributed by atoms with Crippen LogP contribution in [0.15, 0.2) is 36.5 Å². The molecule has 3 aromatic rings. The summed E-state index contributed by atoms with van der Waals surface area (Å²) >= 11 is 0. The van der Waals surface area contributed by atoms with Crippen molar-refractivity contribution in [1.82, 2.24) is 14.6 Å². The minimum absolute atomic E-state index is 0.186. The summed E-state index contributed by atoms with van der Waals surface area (Å²) < 4.78 is 1.78. The predicted octanol–water partition coefficient (Wildman–Crippen LogP) is 3.48. The van der Waals surface area contributed by atoms with Gasteiger partial charge in [0.05, 0.1) is 17.0 Å². The normalized spacial score (nSPS) is 14.3. The zero-order valence-electron chi connectivity index (χ0n) is 12.5. The fourth-order valence-electron chi connectivity index (χ4n) is 3.18. The van der Waals surface area contributed by atoms with E-state index in [9.17, 15) is 4.79 Å². The minimum atomic E-state index is 0.186. The van der Waals surface area contributed by atoms with E-state index >= 15 is 0 Å². The Kier molecular flexibility index (Phi) is 3.03. The number of ketones is 1. The molecule has 110 valence electrons. The van der Waals surface area contributed by atoms with Crippen LogP contribution in [0.1, 0.15) is 41.5 Å². The van der Waals surface area contributed by atoms with Crippen LogP contribution in [-0.4, -0.2) is 20.4 Å². The maximum atomic E-state index is 12.1. The quantitative estimate of drug-likeness (QED) is 0.726. The van der Waals surface area contributed by atoms with Crippen LogP contribution >= 0.6 is 0 Å². The largest absolute Gasteiger partial charge is 0.294 e. The molecule has 0 atom stereocenters. The first-order valence-corrected chi connectivity index (χ1v) is 7.77. The maximum Gasteiger partial charge on any atom is 0.166 e. The molecule has 0 unspecified atom stereocenters. The number of Topliss-reactive ketones (excluding diaryl/α,β-unsaturated/α-hetero) is 1. The second-order valence-electron chi connectivity index (χ2n) is 5.69. The fraction of sp³-hybridized carbons (Fsp3) is 0.278. The standard InChI is InChI=1S/C18H17N3O/c1-2-14-17(12-7-4-3-5-8-12)18-19-15-9-6-10-16(22)13(15)11-21(18)20-14/h3-5,7-8,11H,2,6,9-10H2,1H3. The Morgan fingerprint density at radius 2 is 2.00 bits per heavy atom. The lowest BCUT2D eigenvalue weighted by molar-refractivity contribution is 0.0971. The van der Waals surface area contributed by atoms with E-state index in [4.69, 9.17) is 4.98 Å². The van der Waals surface area contributed by atoms with Crippen molar-refractivity contribution in [3.05, 3.63) is 53.5 Å². The summed E-state index contributed by atoms with van der Waals surface area (Å²) in [6, 6.07) is 10.2. The van der Waals surface area contributed by atoms with Crippen LogP contribution in [0.2, 0.25) is 0 Å². The van der Waals surface area contributed by atoms with Gasteiger partial charge in [0.25, 0.3) is 0 Å². The first-order chi connectivity index (χ1) is 10.8. The molecule has 0 saturated carbocycles. The number of carbonyl (C=O) groups is 1. The second-order valence-corrected chi connectivity index (χ2v) is 5.69. The smallest absolute Gasteiger partial charge is 0.166 e. The third-order valence-electron chi connectivity index (χ3n) is 4.28. The monoisotopic (exact) mass is 291 g/mol. The number of hydrogen-bond donors (Lipinski definition) is 0. The summed E-state index contributed by atoms with van der Waals surface area (Å²) in [5.41, 5.74) is 5.75. The predicted molar refractivity (Wildman–Crippen MR) is 85.1 cm³/mol. The number of carbonyl (C=O) groups excluding carboxylic acids is 1. The van der Waals surface area contributed by atoms with Gasteiger partial charge in [-0.2, -0.15) is 5.10 Å². The fourth-order valence-corrected chi connectivity index (χ4v) is 3.18. The Morgan fingerprint density at radius 1 is 1.18 bits per heavy atom. The van der Waals surface area contributed by atoms with E-state index in [-0.39, 0.29) is 5.78 Å². The van der Waals surface area contributed by atoms with Crippen LogP contribution in [0.3, 0.4) is 0 Å². The molecule has 0 spiro atoms. The molecule has 0 radical (unpaired) electrons. The Bertz CT molecular complexity index is 865. The molecule has 1 aromatic carbocycles. The molecule has 4 nitrogen and oxygen atoms in total. The molecule has 22 heavy (non-hydrogen) atoms. The van der Waals surface area contributed by atoms with Crippen LogP contribution in [0.5, 0.6) is 0 Å². The first-order valence-electron chi connectivity index (χ1n) is 7.77. The highest BCUT2D eigenvalue weighted by molar-refractivity contribution is 5.98. The molecule has 0 bridgehead atoms. The van der Waals surface area contributed by atoms with Gasteiger partial charge in [0.1, 0.15) is 0 Å². The summed E-state index contributed by atoms with van der Waals surface area (Å²) in [6.07, 6.45) is 5.09. The van der Waals surface area contributed by atoms with Gasteiger partial charge in [0, 0.05) is 18.2 Å². The van der Waals surface area contributed by atoms with E-state index in [1.54, 1.807) is 4.52 Å². The molecule has 1 aliphatic rings. The van der Waals surface area contributed by atoms with Gasteiger partial charge in [-0.15, -0.1) is 0 Å². The molecule has 0 fully saturated rings. The average Bonchev–Trinajstić information content (AvgIpc) is 2.92. The third kappa shape index (κ3) is 1.95. The van der Waals surface area contributed by atoms with Crippen molar-refractivity contribution < 1.29 is 4.79 Å². The highest BCUT2D eigenvalue weighted by Gasteiger charge is 2.22. The second kappa shape index (κ2) is 5.05. The molecule has 0 saturated heterocycles. The van der Waals surface area contributed by atoms with Crippen molar-refractivity contribution in [3.8, 4) is 11.1 Å². The van der Waals surface area contributed by atoms with Gasteiger partial charge in [-0.3, -0.25) is 4.79 Å². The lowest BCUT2D eigenvalue weighted by atomic mass is 9.96. The summed E-state index contributed by atoms with van der Waals surface area (Å²) in [7, 11) is 0. The Morgan fingerprint density at radius 3 is 2.77 bits per heavy atom. The van der Waals surface area contributed by atoms with E-state index in [0.717, 1.165) is 53.0 Å². The summed E-state index contributed by atoms with van der Waals surface area (Å²) in [5, 5.41) is 4.65. The van der Waals surface area contributed by atoms with Gasteiger partial charge in [0.2, 0.25) is 0 Å². The molecule has 0 amide bonds. The molecule has 1 aliphatic carbocycles. The molecule has 0 N–H and O–H groups in total. The third-order valence-corrected chi connectivity index (χ3v) is 4.28. The highest BCUT2D eigenvalue weighted by Crippen LogP contribution is 2.30. The van der Waals surface area contributed by atoms with Gasteiger partial charge in [0.15, 0.2) is 11.4 Å². The number of rotatable bonds is 2. The van der Waals surface area contributed by atoms with Crippen molar-refractivity contribution in [2.45, 2.75) is 32.6 Å². The Balaban J connectivity index is 2.02. The van der Waals surface area contributed by atoms with Crippen molar-refractivity contribution in [2.24, 2.45) is 0 Å². The molecular weight excluding hydrogens is 274 g/mol. The van der Waals surface area contributed by atoms with E-state index in [2.05, 4.69) is 24.2 Å². The topological polar surface area (TPSA) is 47.3 Å². The van der Waals surface area contributed by atoms with Gasteiger partial charge in [-0.1, -0.05) is 37.3 Å². The van der Waals surface area contributed by atoms with Crippen molar-refractivity contribution in [2.75, 3.05) is 0 Å². The molecular formula is C18H17N3O. The zero-order chi connectivity index (χ0) is 15.1. The summed E-state index contributed by atoms with van der Waals surface area (Å²) in [4.78, 5) is 16.9. The number of hydrogen-bond acceptors (Lipinski definition) is 3. The Labute approximate surface area is 128 Å². The maximum absolute atomic E-state index is 12.1. The molecule has 4 rings (SSSR count). The van der Waals surface area contributed by atoms with Crippen LogP contribution in [0.4, 0.5) is 0 Å².